The zero-order valence-electron chi connectivity index (χ0n) is 15.8. The molecule has 0 spiro atoms. The molecule has 5 nitrogen and oxygen atoms in total. The molecule has 3 heterocycles. The zero-order chi connectivity index (χ0) is 19.2. The molecule has 3 atom stereocenters. The summed E-state index contributed by atoms with van der Waals surface area (Å²) in [5, 5.41) is 10.3. The number of fused-ring (bicyclic) bond motifs is 2. The third-order valence-electron chi connectivity index (χ3n) is 6.35. The summed E-state index contributed by atoms with van der Waals surface area (Å²) >= 11 is 0. The summed E-state index contributed by atoms with van der Waals surface area (Å²) in [6.45, 7) is 3.51. The summed E-state index contributed by atoms with van der Waals surface area (Å²) in [4.78, 5) is 26.9. The number of aliphatic hydroxyl groups is 1. The van der Waals surface area contributed by atoms with E-state index >= 15 is 0 Å². The van der Waals surface area contributed by atoms with E-state index in [1.165, 1.54) is 11.6 Å². The Bertz CT molecular complexity index is 893. The first kappa shape index (κ1) is 18.0. The van der Waals surface area contributed by atoms with Crippen LogP contribution in [0.5, 0.6) is 0 Å². The average Bonchev–Trinajstić information content (AvgIpc) is 3.17. The fraction of sp³-hybridized carbons (Fsp3) is 0.455. The van der Waals surface area contributed by atoms with Crippen LogP contribution in [0.1, 0.15) is 46.5 Å². The first-order valence-corrected chi connectivity index (χ1v) is 9.54. The topological polar surface area (TPSA) is 70.8 Å². The lowest BCUT2D eigenvalue weighted by molar-refractivity contribution is 0.0567. The van der Waals surface area contributed by atoms with Gasteiger partial charge in [-0.15, -0.1) is 0 Å². The van der Waals surface area contributed by atoms with Gasteiger partial charge in [0.15, 0.2) is 0 Å². The van der Waals surface area contributed by atoms with Crippen molar-refractivity contribution in [3.8, 4) is 0 Å². The van der Waals surface area contributed by atoms with E-state index in [9.17, 15) is 14.7 Å². The van der Waals surface area contributed by atoms with Crippen molar-refractivity contribution in [1.29, 1.82) is 0 Å². The predicted molar refractivity (Wildman–Crippen MR) is 102 cm³/mol. The lowest BCUT2D eigenvalue weighted by atomic mass is 9.70. The fourth-order valence-corrected chi connectivity index (χ4v) is 5.22. The van der Waals surface area contributed by atoms with E-state index in [0.29, 0.717) is 16.9 Å². The van der Waals surface area contributed by atoms with E-state index in [4.69, 9.17) is 4.42 Å². The van der Waals surface area contributed by atoms with E-state index in [0.717, 1.165) is 25.7 Å². The van der Waals surface area contributed by atoms with Crippen molar-refractivity contribution >= 4 is 5.91 Å². The zero-order valence-corrected chi connectivity index (χ0v) is 15.8. The average molecular weight is 367 g/mol. The van der Waals surface area contributed by atoms with Gasteiger partial charge in [0.25, 0.3) is 5.91 Å². The quantitative estimate of drug-likeness (QED) is 0.902. The van der Waals surface area contributed by atoms with Crippen molar-refractivity contribution < 1.29 is 14.3 Å². The molecule has 2 fully saturated rings. The second-order valence-corrected chi connectivity index (χ2v) is 8.03. The van der Waals surface area contributed by atoms with Crippen LogP contribution in [-0.2, 0) is 6.42 Å². The summed E-state index contributed by atoms with van der Waals surface area (Å²) in [6, 6.07) is 11.7. The normalized spacial score (nSPS) is 26.6. The molecule has 5 heteroatoms. The second-order valence-electron chi connectivity index (χ2n) is 8.03. The van der Waals surface area contributed by atoms with Crippen LogP contribution >= 0.6 is 0 Å². The molecule has 0 unspecified atom stereocenters. The molecule has 2 aliphatic rings. The van der Waals surface area contributed by atoms with E-state index in [-0.39, 0.29) is 30.0 Å². The van der Waals surface area contributed by atoms with E-state index < -0.39 is 5.63 Å². The van der Waals surface area contributed by atoms with Gasteiger partial charge in [-0.3, -0.25) is 4.79 Å². The Balaban J connectivity index is 1.68. The van der Waals surface area contributed by atoms with Gasteiger partial charge in [-0.25, -0.2) is 4.79 Å². The number of rotatable bonds is 4. The molecule has 2 saturated heterocycles. The molecule has 0 saturated carbocycles. The Morgan fingerprint density at radius 1 is 1.26 bits per heavy atom. The molecule has 0 aliphatic carbocycles. The number of aliphatic hydroxyl groups excluding tert-OH is 1. The maximum atomic E-state index is 13.4. The minimum atomic E-state index is -0.431. The van der Waals surface area contributed by atoms with Gasteiger partial charge in [0.05, 0.1) is 12.2 Å². The van der Waals surface area contributed by atoms with Gasteiger partial charge in [0, 0.05) is 23.6 Å². The van der Waals surface area contributed by atoms with Crippen LogP contribution in [0.2, 0.25) is 0 Å². The highest BCUT2D eigenvalue weighted by Gasteiger charge is 2.57. The highest BCUT2D eigenvalue weighted by Crippen LogP contribution is 2.51. The van der Waals surface area contributed by atoms with Gasteiger partial charge >= 0.3 is 5.63 Å². The Hall–Kier alpha value is -2.40. The summed E-state index contributed by atoms with van der Waals surface area (Å²) in [5.74, 6) is 0.290. The maximum absolute atomic E-state index is 13.4. The summed E-state index contributed by atoms with van der Waals surface area (Å²) in [5.41, 5.74) is 1.58. The SMILES string of the molecule is Cc1cc(=O)oc(C)c1C(=O)N1[C@@H]2CC[C@H]1[C@](CO)(Cc1ccccc1)C2. The molecule has 1 aromatic heterocycles. The van der Waals surface area contributed by atoms with E-state index in [1.54, 1.807) is 13.8 Å². The number of hydrogen-bond acceptors (Lipinski definition) is 4. The number of benzene rings is 1. The van der Waals surface area contributed by atoms with Gasteiger partial charge in [0.1, 0.15) is 5.76 Å². The minimum Gasteiger partial charge on any atom is -0.427 e. The molecule has 142 valence electrons. The second kappa shape index (κ2) is 6.64. The van der Waals surface area contributed by atoms with Gasteiger partial charge in [-0.05, 0) is 50.7 Å². The molecule has 1 aromatic carbocycles. The molecule has 2 aliphatic heterocycles. The van der Waals surface area contributed by atoms with Crippen molar-refractivity contribution in [3.05, 3.63) is 69.3 Å². The van der Waals surface area contributed by atoms with Crippen molar-refractivity contribution in [2.24, 2.45) is 5.41 Å². The smallest absolute Gasteiger partial charge is 0.336 e. The largest absolute Gasteiger partial charge is 0.427 e. The maximum Gasteiger partial charge on any atom is 0.336 e. The first-order chi connectivity index (χ1) is 12.9. The van der Waals surface area contributed by atoms with Crippen LogP contribution in [0.3, 0.4) is 0 Å². The van der Waals surface area contributed by atoms with Crippen LogP contribution in [-0.4, -0.2) is 34.6 Å². The van der Waals surface area contributed by atoms with Crippen molar-refractivity contribution in [2.75, 3.05) is 6.61 Å². The van der Waals surface area contributed by atoms with Crippen LogP contribution < -0.4 is 5.63 Å². The Morgan fingerprint density at radius 3 is 2.67 bits per heavy atom. The summed E-state index contributed by atoms with van der Waals surface area (Å²) < 4.78 is 5.18. The number of nitrogens with zero attached hydrogens (tertiary/aromatic N) is 1. The monoisotopic (exact) mass is 367 g/mol. The standard InChI is InChI=1S/C22H25NO4/c1-14-10-19(25)27-15(2)20(14)21(26)23-17-8-9-18(23)22(12-17,13-24)11-16-6-4-3-5-7-16/h3-7,10,17-18,24H,8-9,11-13H2,1-2H3/t17-,18+,22-/m1/s1. The molecular weight excluding hydrogens is 342 g/mol. The molecule has 2 bridgehead atoms. The van der Waals surface area contributed by atoms with Gasteiger partial charge < -0.3 is 14.4 Å². The molecule has 1 amide bonds. The number of amides is 1. The highest BCUT2D eigenvalue weighted by molar-refractivity contribution is 5.97. The van der Waals surface area contributed by atoms with Crippen LogP contribution in [0.25, 0.3) is 0 Å². The molecule has 1 N–H and O–H groups in total. The fourth-order valence-electron chi connectivity index (χ4n) is 5.22. The van der Waals surface area contributed by atoms with Crippen molar-refractivity contribution in [2.45, 2.75) is 51.6 Å². The number of carbonyl (C=O) groups is 1. The van der Waals surface area contributed by atoms with Crippen molar-refractivity contribution in [1.82, 2.24) is 4.90 Å². The van der Waals surface area contributed by atoms with Crippen LogP contribution in [0.15, 0.2) is 45.6 Å². The summed E-state index contributed by atoms with van der Waals surface area (Å²) in [6.07, 6.45) is 3.43. The third-order valence-corrected chi connectivity index (χ3v) is 6.35. The van der Waals surface area contributed by atoms with Gasteiger partial charge in [-0.2, -0.15) is 0 Å². The molecule has 27 heavy (non-hydrogen) atoms. The summed E-state index contributed by atoms with van der Waals surface area (Å²) in [7, 11) is 0. The van der Waals surface area contributed by atoms with Gasteiger partial charge in [0.2, 0.25) is 0 Å². The number of carbonyl (C=O) groups excluding carboxylic acids is 1. The van der Waals surface area contributed by atoms with Crippen LogP contribution in [0.4, 0.5) is 0 Å². The Labute approximate surface area is 158 Å². The first-order valence-electron chi connectivity index (χ1n) is 9.54. The third kappa shape index (κ3) is 2.90. The molecule has 0 radical (unpaired) electrons. The Kier molecular flexibility index (Phi) is 4.42. The molecule has 4 rings (SSSR count). The molecule has 2 aromatic rings. The van der Waals surface area contributed by atoms with E-state index in [1.807, 2.05) is 23.1 Å². The number of aryl methyl sites for hydroxylation is 2. The van der Waals surface area contributed by atoms with E-state index in [2.05, 4.69) is 12.1 Å². The lowest BCUT2D eigenvalue weighted by Gasteiger charge is -2.36. The number of hydrogen-bond donors (Lipinski definition) is 1. The Morgan fingerprint density at radius 2 is 2.00 bits per heavy atom. The minimum absolute atomic E-state index is 0.00549. The highest BCUT2D eigenvalue weighted by atomic mass is 16.4. The lowest BCUT2D eigenvalue weighted by Crippen LogP contribution is -2.44. The molecular formula is C22H25NO4. The van der Waals surface area contributed by atoms with Crippen LogP contribution in [0, 0.1) is 19.3 Å². The predicted octanol–water partition coefficient (Wildman–Crippen LogP) is 2.85. The van der Waals surface area contributed by atoms with Crippen molar-refractivity contribution in [3.63, 3.8) is 0 Å². The van der Waals surface area contributed by atoms with Gasteiger partial charge in [-0.1, -0.05) is 30.3 Å².